The van der Waals surface area contributed by atoms with Crippen LogP contribution in [0.2, 0.25) is 0 Å². The number of amides is 1. The highest BCUT2D eigenvalue weighted by molar-refractivity contribution is 7.10. The van der Waals surface area contributed by atoms with Gasteiger partial charge in [-0.05, 0) is 55.7 Å². The Hall–Kier alpha value is -1.65. The Morgan fingerprint density at radius 2 is 2.14 bits per heavy atom. The van der Waals surface area contributed by atoms with Crippen molar-refractivity contribution in [1.29, 1.82) is 0 Å². The van der Waals surface area contributed by atoms with Crippen molar-refractivity contribution < 1.29 is 9.90 Å². The fourth-order valence-electron chi connectivity index (χ4n) is 2.81. The summed E-state index contributed by atoms with van der Waals surface area (Å²) in [6.07, 6.45) is 2.04. The second-order valence-corrected chi connectivity index (χ2v) is 7.12. The predicted octanol–water partition coefficient (Wildman–Crippen LogP) is 3.39. The second kappa shape index (κ2) is 5.86. The highest BCUT2D eigenvalue weighted by atomic mass is 32.1. The van der Waals surface area contributed by atoms with E-state index in [2.05, 4.69) is 5.32 Å². The van der Waals surface area contributed by atoms with E-state index in [0.717, 1.165) is 28.8 Å². The lowest BCUT2D eigenvalue weighted by atomic mass is 9.95. The summed E-state index contributed by atoms with van der Waals surface area (Å²) in [6, 6.07) is 9.74. The molecule has 0 radical (unpaired) electrons. The van der Waals surface area contributed by atoms with E-state index in [1.54, 1.807) is 11.3 Å². The fourth-order valence-corrected chi connectivity index (χ4v) is 3.71. The van der Waals surface area contributed by atoms with Crippen LogP contribution < -0.4 is 5.32 Å². The molecule has 3 nitrogen and oxygen atoms in total. The van der Waals surface area contributed by atoms with Crippen LogP contribution in [0, 0.1) is 19.8 Å². The van der Waals surface area contributed by atoms with Crippen molar-refractivity contribution in [2.75, 3.05) is 6.54 Å². The summed E-state index contributed by atoms with van der Waals surface area (Å²) in [5.41, 5.74) is 1.77. The highest BCUT2D eigenvalue weighted by Crippen LogP contribution is 2.46. The number of hydrogen-bond donors (Lipinski definition) is 2. The number of aliphatic hydroxyl groups is 1. The third-order valence-electron chi connectivity index (χ3n) is 4.36. The SMILES string of the molecule is Cc1ccc(C)c(C(=O)NCC(O)(c2cccs2)C2CC2)c1. The molecular formula is C18H21NO2S. The summed E-state index contributed by atoms with van der Waals surface area (Å²) in [5.74, 6) is 0.141. The summed E-state index contributed by atoms with van der Waals surface area (Å²) < 4.78 is 0. The number of aryl methyl sites for hydroxylation is 2. The number of nitrogens with one attached hydrogen (secondary N) is 1. The van der Waals surface area contributed by atoms with Gasteiger partial charge in [0.25, 0.3) is 5.91 Å². The maximum Gasteiger partial charge on any atom is 0.251 e. The molecule has 1 aromatic carbocycles. The smallest absolute Gasteiger partial charge is 0.251 e. The number of carbonyl (C=O) groups excluding carboxylic acids is 1. The van der Waals surface area contributed by atoms with Gasteiger partial charge in [0.1, 0.15) is 5.60 Å². The minimum absolute atomic E-state index is 0.114. The van der Waals surface area contributed by atoms with Crippen LogP contribution in [-0.2, 0) is 5.60 Å². The zero-order chi connectivity index (χ0) is 15.7. The van der Waals surface area contributed by atoms with E-state index in [1.165, 1.54) is 0 Å². The van der Waals surface area contributed by atoms with Crippen LogP contribution in [0.1, 0.15) is 39.2 Å². The third-order valence-corrected chi connectivity index (χ3v) is 5.39. The van der Waals surface area contributed by atoms with Crippen LogP contribution >= 0.6 is 11.3 Å². The summed E-state index contributed by atoms with van der Waals surface area (Å²) >= 11 is 1.55. The van der Waals surface area contributed by atoms with Crippen LogP contribution in [0.3, 0.4) is 0 Å². The molecule has 2 aromatic rings. The van der Waals surface area contributed by atoms with Gasteiger partial charge in [-0.2, -0.15) is 0 Å². The van der Waals surface area contributed by atoms with E-state index < -0.39 is 5.60 Å². The summed E-state index contributed by atoms with van der Waals surface area (Å²) in [4.78, 5) is 13.4. The Morgan fingerprint density at radius 1 is 1.36 bits per heavy atom. The lowest BCUT2D eigenvalue weighted by Crippen LogP contribution is -2.42. The molecule has 0 bridgehead atoms. The summed E-state index contributed by atoms with van der Waals surface area (Å²) in [6.45, 7) is 4.17. The molecule has 1 unspecified atom stereocenters. The Labute approximate surface area is 135 Å². The Morgan fingerprint density at radius 3 is 2.77 bits per heavy atom. The van der Waals surface area contributed by atoms with Gasteiger partial charge in [-0.1, -0.05) is 23.8 Å². The molecular weight excluding hydrogens is 294 g/mol. The molecule has 22 heavy (non-hydrogen) atoms. The van der Waals surface area contributed by atoms with Gasteiger partial charge in [-0.3, -0.25) is 4.79 Å². The van der Waals surface area contributed by atoms with E-state index in [-0.39, 0.29) is 18.4 Å². The monoisotopic (exact) mass is 315 g/mol. The summed E-state index contributed by atoms with van der Waals surface area (Å²) in [5, 5.41) is 15.9. The van der Waals surface area contributed by atoms with Gasteiger partial charge in [0.05, 0.1) is 6.54 Å². The maximum absolute atomic E-state index is 12.5. The molecule has 3 rings (SSSR count). The molecule has 116 valence electrons. The van der Waals surface area contributed by atoms with E-state index >= 15 is 0 Å². The number of carbonyl (C=O) groups is 1. The van der Waals surface area contributed by atoms with E-state index in [1.807, 2.05) is 49.6 Å². The molecule has 1 amide bonds. The normalized spacial score (nSPS) is 17.0. The van der Waals surface area contributed by atoms with Gasteiger partial charge in [-0.25, -0.2) is 0 Å². The summed E-state index contributed by atoms with van der Waals surface area (Å²) in [7, 11) is 0. The fraction of sp³-hybridized carbons (Fsp3) is 0.389. The average Bonchev–Trinajstić information content (AvgIpc) is 3.22. The first-order valence-corrected chi connectivity index (χ1v) is 8.50. The van der Waals surface area contributed by atoms with Gasteiger partial charge in [0, 0.05) is 10.4 Å². The molecule has 4 heteroatoms. The number of rotatable bonds is 5. The number of thiophene rings is 1. The van der Waals surface area contributed by atoms with Crippen molar-refractivity contribution >= 4 is 17.2 Å². The number of benzene rings is 1. The van der Waals surface area contributed by atoms with E-state index in [9.17, 15) is 9.90 Å². The molecule has 1 heterocycles. The van der Waals surface area contributed by atoms with Gasteiger partial charge < -0.3 is 10.4 Å². The first-order valence-electron chi connectivity index (χ1n) is 7.62. The molecule has 1 aliphatic carbocycles. The molecule has 0 aliphatic heterocycles. The Bertz CT molecular complexity index is 676. The topological polar surface area (TPSA) is 49.3 Å². The van der Waals surface area contributed by atoms with E-state index in [0.29, 0.717) is 5.56 Å². The van der Waals surface area contributed by atoms with Gasteiger partial charge in [0.15, 0.2) is 0 Å². The predicted molar refractivity (Wildman–Crippen MR) is 89.2 cm³/mol. The number of hydrogen-bond acceptors (Lipinski definition) is 3. The first-order chi connectivity index (χ1) is 10.5. The lowest BCUT2D eigenvalue weighted by molar-refractivity contribution is 0.0169. The molecule has 0 spiro atoms. The van der Waals surface area contributed by atoms with Crippen LogP contribution in [0.5, 0.6) is 0 Å². The average molecular weight is 315 g/mol. The Balaban J connectivity index is 1.75. The van der Waals surface area contributed by atoms with Crippen molar-refractivity contribution in [2.24, 2.45) is 5.92 Å². The first kappa shape index (κ1) is 15.3. The zero-order valence-corrected chi connectivity index (χ0v) is 13.7. The van der Waals surface area contributed by atoms with Gasteiger partial charge in [0.2, 0.25) is 0 Å². The van der Waals surface area contributed by atoms with Crippen molar-refractivity contribution in [1.82, 2.24) is 5.32 Å². The molecule has 1 atom stereocenters. The van der Waals surface area contributed by atoms with Crippen LogP contribution in [-0.4, -0.2) is 17.6 Å². The van der Waals surface area contributed by atoms with Crippen LogP contribution in [0.15, 0.2) is 35.7 Å². The van der Waals surface area contributed by atoms with E-state index in [4.69, 9.17) is 0 Å². The maximum atomic E-state index is 12.5. The largest absolute Gasteiger partial charge is 0.382 e. The zero-order valence-electron chi connectivity index (χ0n) is 12.9. The minimum Gasteiger partial charge on any atom is -0.382 e. The Kier molecular flexibility index (Phi) is 4.06. The standard InChI is InChI=1S/C18H21NO2S/c1-12-5-6-13(2)15(10-12)17(20)19-11-18(21,14-7-8-14)16-4-3-9-22-16/h3-6,9-10,14,21H,7-8,11H2,1-2H3,(H,19,20). The molecule has 1 saturated carbocycles. The van der Waals surface area contributed by atoms with Crippen molar-refractivity contribution in [2.45, 2.75) is 32.3 Å². The second-order valence-electron chi connectivity index (χ2n) is 6.18. The van der Waals surface area contributed by atoms with Crippen molar-refractivity contribution in [3.05, 3.63) is 57.3 Å². The molecule has 1 aliphatic rings. The van der Waals surface area contributed by atoms with Crippen molar-refractivity contribution in [3.63, 3.8) is 0 Å². The van der Waals surface area contributed by atoms with Crippen LogP contribution in [0.4, 0.5) is 0 Å². The third kappa shape index (κ3) is 2.94. The lowest BCUT2D eigenvalue weighted by Gasteiger charge is -2.27. The molecule has 1 aromatic heterocycles. The van der Waals surface area contributed by atoms with Crippen molar-refractivity contribution in [3.8, 4) is 0 Å². The van der Waals surface area contributed by atoms with Crippen LogP contribution in [0.25, 0.3) is 0 Å². The molecule has 2 N–H and O–H groups in total. The minimum atomic E-state index is -0.929. The quantitative estimate of drug-likeness (QED) is 0.888. The molecule has 0 saturated heterocycles. The highest BCUT2D eigenvalue weighted by Gasteiger charge is 2.46. The van der Waals surface area contributed by atoms with Gasteiger partial charge in [-0.15, -0.1) is 11.3 Å². The van der Waals surface area contributed by atoms with Gasteiger partial charge >= 0.3 is 0 Å². The molecule has 1 fully saturated rings.